The second-order valence-electron chi connectivity index (χ2n) is 4.57. The number of hydrogen-bond donors (Lipinski definition) is 1. The predicted octanol–water partition coefficient (Wildman–Crippen LogP) is -0.184. The first kappa shape index (κ1) is 11.3. The normalized spacial score (nSPS) is 20.6. The van der Waals surface area contributed by atoms with Gasteiger partial charge in [-0.3, -0.25) is 9.69 Å². The molecule has 1 aromatic carbocycles. The van der Waals surface area contributed by atoms with Gasteiger partial charge in [-0.15, -0.1) is 5.10 Å². The summed E-state index contributed by atoms with van der Waals surface area (Å²) in [6, 6.07) is 7.17. The maximum absolute atomic E-state index is 12.2. The Labute approximate surface area is 103 Å². The van der Waals surface area contributed by atoms with Gasteiger partial charge in [0, 0.05) is 13.1 Å². The average molecular weight is 246 g/mol. The number of aliphatic hydroxyl groups excluding tert-OH is 1. The molecule has 1 aliphatic rings. The average Bonchev–Trinajstić information content (AvgIpc) is 2.79. The Morgan fingerprint density at radius 2 is 2.22 bits per heavy atom. The lowest BCUT2D eigenvalue weighted by molar-refractivity contribution is 0.161. The van der Waals surface area contributed by atoms with E-state index in [9.17, 15) is 9.90 Å². The van der Waals surface area contributed by atoms with E-state index in [0.29, 0.717) is 24.1 Å². The van der Waals surface area contributed by atoms with E-state index in [-0.39, 0.29) is 11.7 Å². The maximum atomic E-state index is 12.2. The highest BCUT2D eigenvalue weighted by atomic mass is 16.3. The lowest BCUT2D eigenvalue weighted by Gasteiger charge is -2.15. The van der Waals surface area contributed by atoms with E-state index < -0.39 is 0 Å². The first-order valence-electron chi connectivity index (χ1n) is 5.97. The van der Waals surface area contributed by atoms with Crippen molar-refractivity contribution >= 4 is 10.9 Å². The van der Waals surface area contributed by atoms with Crippen LogP contribution >= 0.6 is 0 Å². The van der Waals surface area contributed by atoms with E-state index in [1.54, 1.807) is 12.1 Å². The van der Waals surface area contributed by atoms with E-state index in [2.05, 4.69) is 10.3 Å². The maximum Gasteiger partial charge on any atom is 0.278 e. The van der Waals surface area contributed by atoms with Gasteiger partial charge in [0.2, 0.25) is 0 Å². The largest absolute Gasteiger partial charge is 0.392 e. The van der Waals surface area contributed by atoms with Gasteiger partial charge in [-0.1, -0.05) is 17.3 Å². The van der Waals surface area contributed by atoms with Crippen molar-refractivity contribution in [2.75, 3.05) is 13.1 Å². The van der Waals surface area contributed by atoms with Crippen molar-refractivity contribution < 1.29 is 5.11 Å². The van der Waals surface area contributed by atoms with Gasteiger partial charge in [-0.05, 0) is 18.6 Å². The van der Waals surface area contributed by atoms with Gasteiger partial charge in [0.05, 0.1) is 18.2 Å². The summed E-state index contributed by atoms with van der Waals surface area (Å²) in [4.78, 5) is 14.2. The molecule has 0 amide bonds. The zero-order chi connectivity index (χ0) is 12.5. The molecular formula is C12H14N4O2. The van der Waals surface area contributed by atoms with Crippen LogP contribution in [0.5, 0.6) is 0 Å². The first-order chi connectivity index (χ1) is 8.74. The molecule has 1 saturated heterocycles. The smallest absolute Gasteiger partial charge is 0.278 e. The lowest BCUT2D eigenvalue weighted by Crippen LogP contribution is -2.33. The molecule has 6 heteroatoms. The minimum atomic E-state index is -0.297. The fourth-order valence-electron chi connectivity index (χ4n) is 2.25. The molecule has 0 bridgehead atoms. The Morgan fingerprint density at radius 3 is 3.00 bits per heavy atom. The molecule has 6 nitrogen and oxygen atoms in total. The van der Waals surface area contributed by atoms with Crippen molar-refractivity contribution in [3.05, 3.63) is 34.6 Å². The molecule has 0 unspecified atom stereocenters. The van der Waals surface area contributed by atoms with Gasteiger partial charge in [-0.25, -0.2) is 0 Å². The second kappa shape index (κ2) is 4.47. The topological polar surface area (TPSA) is 71.2 Å². The first-order valence-corrected chi connectivity index (χ1v) is 5.97. The third kappa shape index (κ3) is 2.00. The van der Waals surface area contributed by atoms with Crippen molar-refractivity contribution in [3.63, 3.8) is 0 Å². The molecule has 1 aromatic heterocycles. The summed E-state index contributed by atoms with van der Waals surface area (Å²) in [6.07, 6.45) is 0.449. The van der Waals surface area contributed by atoms with Crippen molar-refractivity contribution in [3.8, 4) is 0 Å². The highest BCUT2D eigenvalue weighted by molar-refractivity contribution is 5.76. The number of fused-ring (bicyclic) bond motifs is 1. The molecule has 1 N–H and O–H groups in total. The van der Waals surface area contributed by atoms with E-state index in [1.807, 2.05) is 17.0 Å². The van der Waals surface area contributed by atoms with Crippen LogP contribution in [-0.4, -0.2) is 44.2 Å². The highest BCUT2D eigenvalue weighted by Crippen LogP contribution is 2.09. The van der Waals surface area contributed by atoms with Crippen LogP contribution in [0.15, 0.2) is 29.1 Å². The van der Waals surface area contributed by atoms with Crippen LogP contribution in [0.1, 0.15) is 6.42 Å². The van der Waals surface area contributed by atoms with Crippen LogP contribution in [0.2, 0.25) is 0 Å². The Kier molecular flexibility index (Phi) is 2.81. The number of rotatable bonds is 2. The Balaban J connectivity index is 1.93. The number of benzene rings is 1. The van der Waals surface area contributed by atoms with Crippen LogP contribution < -0.4 is 5.56 Å². The summed E-state index contributed by atoms with van der Waals surface area (Å²) in [6.45, 7) is 1.75. The number of aliphatic hydroxyl groups is 1. The van der Waals surface area contributed by atoms with Gasteiger partial charge in [0.1, 0.15) is 5.52 Å². The molecule has 2 heterocycles. The summed E-state index contributed by atoms with van der Waals surface area (Å²) in [5.41, 5.74) is 0.474. The third-order valence-corrected chi connectivity index (χ3v) is 3.21. The van der Waals surface area contributed by atoms with Crippen molar-refractivity contribution in [1.82, 2.24) is 19.9 Å². The third-order valence-electron chi connectivity index (χ3n) is 3.21. The molecule has 0 saturated carbocycles. The Morgan fingerprint density at radius 1 is 1.39 bits per heavy atom. The zero-order valence-corrected chi connectivity index (χ0v) is 9.86. The minimum Gasteiger partial charge on any atom is -0.392 e. The van der Waals surface area contributed by atoms with Gasteiger partial charge >= 0.3 is 0 Å². The summed E-state index contributed by atoms with van der Waals surface area (Å²) in [5, 5.41) is 18.0. The van der Waals surface area contributed by atoms with Crippen molar-refractivity contribution in [2.24, 2.45) is 0 Å². The predicted molar refractivity (Wildman–Crippen MR) is 66.0 cm³/mol. The summed E-state index contributed by atoms with van der Waals surface area (Å²) >= 11 is 0. The molecule has 1 atom stereocenters. The van der Waals surface area contributed by atoms with Crippen molar-refractivity contribution in [1.29, 1.82) is 0 Å². The highest BCUT2D eigenvalue weighted by Gasteiger charge is 2.21. The Bertz CT molecular complexity index is 625. The summed E-state index contributed by atoms with van der Waals surface area (Å²) in [7, 11) is 0. The summed E-state index contributed by atoms with van der Waals surface area (Å²) in [5.74, 6) is 0. The van der Waals surface area contributed by atoms with Crippen LogP contribution in [0.4, 0.5) is 0 Å². The number of likely N-dealkylation sites (tertiary alicyclic amines) is 1. The molecule has 1 aliphatic heterocycles. The Hall–Kier alpha value is -1.79. The van der Waals surface area contributed by atoms with E-state index in [4.69, 9.17) is 0 Å². The van der Waals surface area contributed by atoms with Crippen LogP contribution in [0, 0.1) is 0 Å². The zero-order valence-electron chi connectivity index (χ0n) is 9.86. The van der Waals surface area contributed by atoms with E-state index in [1.165, 1.54) is 4.68 Å². The molecule has 0 aliphatic carbocycles. The number of β-amino-alcohol motifs (C(OH)–C–C–N with tert-alkyl or cyclic N) is 1. The number of nitrogens with zero attached hydrogens (tertiary/aromatic N) is 4. The molecule has 1 fully saturated rings. The van der Waals surface area contributed by atoms with E-state index >= 15 is 0 Å². The number of hydrogen-bond acceptors (Lipinski definition) is 5. The van der Waals surface area contributed by atoms with Crippen LogP contribution in [0.3, 0.4) is 0 Å². The SMILES string of the molecule is O=c1c2ccccc2nnn1CN1CC[C@H](O)C1. The van der Waals surface area contributed by atoms with Crippen molar-refractivity contribution in [2.45, 2.75) is 19.2 Å². The van der Waals surface area contributed by atoms with Gasteiger partial charge < -0.3 is 5.11 Å². The molecule has 2 aromatic rings. The monoisotopic (exact) mass is 246 g/mol. The molecule has 94 valence electrons. The fourth-order valence-corrected chi connectivity index (χ4v) is 2.25. The second-order valence-corrected chi connectivity index (χ2v) is 4.57. The molecular weight excluding hydrogens is 232 g/mol. The van der Waals surface area contributed by atoms with Crippen LogP contribution in [0.25, 0.3) is 10.9 Å². The molecule has 0 spiro atoms. The van der Waals surface area contributed by atoms with Gasteiger partial charge in [0.15, 0.2) is 0 Å². The minimum absolute atomic E-state index is 0.137. The van der Waals surface area contributed by atoms with Gasteiger partial charge in [0.25, 0.3) is 5.56 Å². The standard InChI is InChI=1S/C12H14N4O2/c17-9-5-6-15(7-9)8-16-12(18)10-3-1-2-4-11(10)13-14-16/h1-4,9,17H,5-8H2/t9-/m0/s1. The van der Waals surface area contributed by atoms with Crippen LogP contribution in [-0.2, 0) is 6.67 Å². The summed E-state index contributed by atoms with van der Waals surface area (Å²) < 4.78 is 1.35. The quantitative estimate of drug-likeness (QED) is 0.795. The lowest BCUT2D eigenvalue weighted by atomic mass is 10.2. The molecule has 3 rings (SSSR count). The molecule has 0 radical (unpaired) electrons. The fraction of sp³-hybridized carbons (Fsp3) is 0.417. The van der Waals surface area contributed by atoms with E-state index in [0.717, 1.165) is 13.0 Å². The molecule has 18 heavy (non-hydrogen) atoms. The number of aromatic nitrogens is 3. The van der Waals surface area contributed by atoms with Gasteiger partial charge in [-0.2, -0.15) is 4.68 Å².